The summed E-state index contributed by atoms with van der Waals surface area (Å²) in [4.78, 5) is 4.42. The third kappa shape index (κ3) is 3.10. The first kappa shape index (κ1) is 13.8. The molecule has 1 N–H and O–H groups in total. The van der Waals surface area contributed by atoms with Crippen LogP contribution in [-0.4, -0.2) is 11.5 Å². The Balaban J connectivity index is 1.68. The second-order valence-electron chi connectivity index (χ2n) is 5.68. The molecule has 1 aliphatic rings. The van der Waals surface area contributed by atoms with E-state index < -0.39 is 0 Å². The van der Waals surface area contributed by atoms with Gasteiger partial charge in [-0.1, -0.05) is 37.6 Å². The van der Waals surface area contributed by atoms with Gasteiger partial charge in [-0.15, -0.1) is 11.3 Å². The Kier molecular flexibility index (Phi) is 4.48. The molecule has 0 saturated carbocycles. The number of thiazole rings is 1. The number of benzene rings is 1. The van der Waals surface area contributed by atoms with Crippen LogP contribution >= 0.6 is 11.3 Å². The quantitative estimate of drug-likeness (QED) is 0.847. The maximum Gasteiger partial charge on any atom is 0.0965 e. The minimum Gasteiger partial charge on any atom is -0.309 e. The molecule has 0 spiro atoms. The van der Waals surface area contributed by atoms with Crippen LogP contribution in [0.2, 0.25) is 0 Å². The molecule has 0 amide bonds. The first-order valence-electron chi connectivity index (χ1n) is 7.55. The minimum atomic E-state index is 0.491. The van der Waals surface area contributed by atoms with Gasteiger partial charge in [0.05, 0.1) is 5.01 Å². The summed E-state index contributed by atoms with van der Waals surface area (Å²) in [5.41, 5.74) is 3.04. The monoisotopic (exact) mass is 286 g/mol. The molecular weight excluding hydrogens is 264 g/mol. The normalized spacial score (nSPS) is 20.1. The van der Waals surface area contributed by atoms with E-state index in [0.717, 1.165) is 6.54 Å². The van der Waals surface area contributed by atoms with E-state index in [9.17, 15) is 0 Å². The molecule has 0 fully saturated rings. The molecule has 3 heteroatoms. The van der Waals surface area contributed by atoms with Gasteiger partial charge in [0.15, 0.2) is 0 Å². The van der Waals surface area contributed by atoms with Gasteiger partial charge in [-0.25, -0.2) is 4.98 Å². The van der Waals surface area contributed by atoms with Crippen molar-refractivity contribution in [2.45, 2.75) is 44.6 Å². The number of hydrogen-bond acceptors (Lipinski definition) is 3. The zero-order valence-corrected chi connectivity index (χ0v) is 12.8. The van der Waals surface area contributed by atoms with Crippen LogP contribution in [0.5, 0.6) is 0 Å². The Morgan fingerprint density at radius 1 is 1.35 bits per heavy atom. The molecule has 106 valence electrons. The summed E-state index contributed by atoms with van der Waals surface area (Å²) in [6.45, 7) is 3.26. The van der Waals surface area contributed by atoms with Gasteiger partial charge >= 0.3 is 0 Å². The highest BCUT2D eigenvalue weighted by molar-refractivity contribution is 7.09. The van der Waals surface area contributed by atoms with Crippen molar-refractivity contribution in [3.63, 3.8) is 0 Å². The Bertz CT molecular complexity index is 536. The third-order valence-corrected chi connectivity index (χ3v) is 5.17. The van der Waals surface area contributed by atoms with E-state index in [2.05, 4.69) is 46.9 Å². The van der Waals surface area contributed by atoms with Crippen LogP contribution in [0.25, 0.3) is 0 Å². The van der Waals surface area contributed by atoms with Gasteiger partial charge in [0, 0.05) is 30.1 Å². The average molecular weight is 286 g/mol. The SMILES string of the molecule is CC(CNC1CCCCc2ccccc21)c1nccs1. The van der Waals surface area contributed by atoms with Crippen molar-refractivity contribution in [1.29, 1.82) is 0 Å². The number of nitrogens with one attached hydrogen (secondary N) is 1. The van der Waals surface area contributed by atoms with Crippen molar-refractivity contribution >= 4 is 11.3 Å². The van der Waals surface area contributed by atoms with Gasteiger partial charge in [0.25, 0.3) is 0 Å². The van der Waals surface area contributed by atoms with E-state index in [1.54, 1.807) is 11.3 Å². The molecule has 2 nitrogen and oxygen atoms in total. The van der Waals surface area contributed by atoms with E-state index in [4.69, 9.17) is 0 Å². The van der Waals surface area contributed by atoms with Gasteiger partial charge in [-0.3, -0.25) is 0 Å². The van der Waals surface area contributed by atoms with Crippen molar-refractivity contribution in [1.82, 2.24) is 10.3 Å². The zero-order valence-electron chi connectivity index (χ0n) is 12.0. The van der Waals surface area contributed by atoms with E-state index in [1.165, 1.54) is 41.8 Å². The number of fused-ring (bicyclic) bond motifs is 1. The molecule has 0 aliphatic heterocycles. The number of aryl methyl sites for hydroxylation is 1. The highest BCUT2D eigenvalue weighted by Crippen LogP contribution is 2.29. The van der Waals surface area contributed by atoms with Gasteiger partial charge in [-0.2, -0.15) is 0 Å². The van der Waals surface area contributed by atoms with Crippen molar-refractivity contribution in [3.8, 4) is 0 Å². The number of aromatic nitrogens is 1. The first-order valence-corrected chi connectivity index (χ1v) is 8.43. The van der Waals surface area contributed by atoms with Crippen LogP contribution in [0.1, 0.15) is 54.3 Å². The Morgan fingerprint density at radius 2 is 2.25 bits per heavy atom. The summed E-state index contributed by atoms with van der Waals surface area (Å²) in [5, 5.41) is 7.07. The van der Waals surface area contributed by atoms with Crippen molar-refractivity contribution in [2.24, 2.45) is 0 Å². The van der Waals surface area contributed by atoms with Gasteiger partial charge in [0.2, 0.25) is 0 Å². The van der Waals surface area contributed by atoms with Crippen molar-refractivity contribution < 1.29 is 0 Å². The van der Waals surface area contributed by atoms with Crippen LogP contribution in [0.15, 0.2) is 35.8 Å². The zero-order chi connectivity index (χ0) is 13.8. The smallest absolute Gasteiger partial charge is 0.0965 e. The number of rotatable bonds is 4. The summed E-state index contributed by atoms with van der Waals surface area (Å²) in [6, 6.07) is 9.44. The number of nitrogens with zero attached hydrogens (tertiary/aromatic N) is 1. The molecular formula is C17H22N2S. The van der Waals surface area contributed by atoms with Crippen LogP contribution in [0.4, 0.5) is 0 Å². The summed E-state index contributed by atoms with van der Waals surface area (Å²) in [6.07, 6.45) is 7.02. The largest absolute Gasteiger partial charge is 0.309 e. The molecule has 1 heterocycles. The predicted octanol–water partition coefficient (Wildman–Crippen LogP) is 4.30. The lowest BCUT2D eigenvalue weighted by Gasteiger charge is -2.21. The maximum atomic E-state index is 4.42. The van der Waals surface area contributed by atoms with E-state index in [1.807, 2.05) is 6.20 Å². The Morgan fingerprint density at radius 3 is 3.10 bits per heavy atom. The molecule has 0 radical (unpaired) electrons. The minimum absolute atomic E-state index is 0.491. The topological polar surface area (TPSA) is 24.9 Å². The maximum absolute atomic E-state index is 4.42. The van der Waals surface area contributed by atoms with Crippen molar-refractivity contribution in [3.05, 3.63) is 52.0 Å². The molecule has 0 bridgehead atoms. The lowest BCUT2D eigenvalue weighted by atomic mass is 9.98. The Labute approximate surface area is 125 Å². The summed E-state index contributed by atoms with van der Waals surface area (Å²) >= 11 is 1.76. The molecule has 3 rings (SSSR count). The van der Waals surface area contributed by atoms with Crippen LogP contribution in [0.3, 0.4) is 0 Å². The van der Waals surface area contributed by atoms with Gasteiger partial charge < -0.3 is 5.32 Å². The van der Waals surface area contributed by atoms with E-state index in [0.29, 0.717) is 12.0 Å². The fourth-order valence-corrected chi connectivity index (χ4v) is 3.72. The fraction of sp³-hybridized carbons (Fsp3) is 0.471. The lowest BCUT2D eigenvalue weighted by molar-refractivity contribution is 0.471. The molecule has 1 aromatic heterocycles. The van der Waals surface area contributed by atoms with E-state index >= 15 is 0 Å². The molecule has 1 aromatic carbocycles. The first-order chi connectivity index (χ1) is 9.84. The summed E-state index contributed by atoms with van der Waals surface area (Å²) in [7, 11) is 0. The molecule has 0 saturated heterocycles. The molecule has 2 aromatic rings. The lowest BCUT2D eigenvalue weighted by Crippen LogP contribution is -2.25. The fourth-order valence-electron chi connectivity index (χ4n) is 3.02. The predicted molar refractivity (Wildman–Crippen MR) is 85.3 cm³/mol. The van der Waals surface area contributed by atoms with Gasteiger partial charge in [-0.05, 0) is 30.4 Å². The molecule has 2 unspecified atom stereocenters. The molecule has 20 heavy (non-hydrogen) atoms. The van der Waals surface area contributed by atoms with Crippen molar-refractivity contribution in [2.75, 3.05) is 6.54 Å². The standard InChI is InChI=1S/C17H22N2S/c1-13(17-18-10-11-20-17)12-19-16-9-5-3-7-14-6-2-4-8-15(14)16/h2,4,6,8,10-11,13,16,19H,3,5,7,9,12H2,1H3. The van der Waals surface area contributed by atoms with Crippen LogP contribution in [-0.2, 0) is 6.42 Å². The van der Waals surface area contributed by atoms with E-state index in [-0.39, 0.29) is 0 Å². The summed E-state index contributed by atoms with van der Waals surface area (Å²) in [5.74, 6) is 0.491. The highest BCUT2D eigenvalue weighted by atomic mass is 32.1. The molecule has 1 aliphatic carbocycles. The highest BCUT2D eigenvalue weighted by Gasteiger charge is 2.19. The van der Waals surface area contributed by atoms with Crippen LogP contribution in [0, 0.1) is 0 Å². The van der Waals surface area contributed by atoms with Gasteiger partial charge in [0.1, 0.15) is 0 Å². The number of hydrogen-bond donors (Lipinski definition) is 1. The second-order valence-corrected chi connectivity index (χ2v) is 6.60. The third-order valence-electron chi connectivity index (χ3n) is 4.16. The summed E-state index contributed by atoms with van der Waals surface area (Å²) < 4.78 is 0. The molecule has 2 atom stereocenters. The Hall–Kier alpha value is -1.19. The van der Waals surface area contributed by atoms with Crippen LogP contribution < -0.4 is 5.32 Å². The second kappa shape index (κ2) is 6.51. The average Bonchev–Trinajstić information content (AvgIpc) is 2.93.